The Labute approximate surface area is 92.7 Å². The number of aromatic nitrogens is 2. The lowest BCUT2D eigenvalue weighted by atomic mass is 9.89. The predicted octanol–water partition coefficient (Wildman–Crippen LogP) is 2.27. The van der Waals surface area contributed by atoms with Gasteiger partial charge in [0.2, 0.25) is 0 Å². The summed E-state index contributed by atoms with van der Waals surface area (Å²) in [6, 6.07) is 2.15. The van der Waals surface area contributed by atoms with Gasteiger partial charge in [0.1, 0.15) is 0 Å². The molecule has 0 saturated carbocycles. The Hall–Kier alpha value is -0.830. The second-order valence-corrected chi connectivity index (χ2v) is 4.34. The number of aryl methyl sites for hydroxylation is 2. The van der Waals surface area contributed by atoms with Crippen LogP contribution < -0.4 is 5.73 Å². The van der Waals surface area contributed by atoms with Gasteiger partial charge in [-0.3, -0.25) is 4.68 Å². The molecule has 3 nitrogen and oxygen atoms in total. The maximum Gasteiger partial charge on any atom is 0.0596 e. The van der Waals surface area contributed by atoms with Gasteiger partial charge in [0.25, 0.3) is 0 Å². The number of nitrogens with zero attached hydrogens (tertiary/aromatic N) is 2. The third kappa shape index (κ3) is 2.81. The van der Waals surface area contributed by atoms with Crippen LogP contribution in [0.25, 0.3) is 0 Å². The van der Waals surface area contributed by atoms with E-state index >= 15 is 0 Å². The molecule has 0 amide bonds. The van der Waals surface area contributed by atoms with Gasteiger partial charge in [-0.2, -0.15) is 5.10 Å². The van der Waals surface area contributed by atoms with Crippen LogP contribution in [0.3, 0.4) is 0 Å². The maximum atomic E-state index is 6.32. The first-order valence-corrected chi connectivity index (χ1v) is 5.87. The monoisotopic (exact) mass is 209 g/mol. The van der Waals surface area contributed by atoms with E-state index in [1.807, 2.05) is 6.92 Å². The Morgan fingerprint density at radius 3 is 2.40 bits per heavy atom. The molecule has 1 rings (SSSR count). The molecule has 0 saturated heterocycles. The smallest absolute Gasteiger partial charge is 0.0596 e. The van der Waals surface area contributed by atoms with Crippen molar-refractivity contribution in [3.8, 4) is 0 Å². The number of hydrogen-bond acceptors (Lipinski definition) is 2. The zero-order chi connectivity index (χ0) is 11.5. The van der Waals surface area contributed by atoms with Crippen molar-refractivity contribution in [2.75, 3.05) is 0 Å². The number of rotatable bonds is 5. The van der Waals surface area contributed by atoms with Gasteiger partial charge in [-0.05, 0) is 32.8 Å². The minimum absolute atomic E-state index is 0.0700. The SMILES string of the molecule is CCn1nc(C)cc1CC(N)(CC)CC. The summed E-state index contributed by atoms with van der Waals surface area (Å²) in [4.78, 5) is 0. The minimum Gasteiger partial charge on any atom is -0.325 e. The zero-order valence-corrected chi connectivity index (χ0v) is 10.4. The Morgan fingerprint density at radius 1 is 1.33 bits per heavy atom. The summed E-state index contributed by atoms with van der Waals surface area (Å²) in [6.07, 6.45) is 2.95. The van der Waals surface area contributed by atoms with Crippen LogP contribution in [0.4, 0.5) is 0 Å². The zero-order valence-electron chi connectivity index (χ0n) is 10.4. The van der Waals surface area contributed by atoms with Crippen LogP contribution in [0, 0.1) is 6.92 Å². The molecule has 0 aromatic carbocycles. The summed E-state index contributed by atoms with van der Waals surface area (Å²) in [5.41, 5.74) is 8.60. The van der Waals surface area contributed by atoms with Gasteiger partial charge in [0, 0.05) is 24.2 Å². The molecule has 86 valence electrons. The normalized spacial score (nSPS) is 12.1. The minimum atomic E-state index is -0.0700. The summed E-state index contributed by atoms with van der Waals surface area (Å²) in [5, 5.41) is 4.44. The molecule has 0 spiro atoms. The second-order valence-electron chi connectivity index (χ2n) is 4.34. The molecular formula is C12H23N3. The predicted molar refractivity (Wildman–Crippen MR) is 63.8 cm³/mol. The Balaban J connectivity index is 2.87. The van der Waals surface area contributed by atoms with Crippen molar-refractivity contribution in [2.24, 2.45) is 5.73 Å². The second kappa shape index (κ2) is 4.79. The lowest BCUT2D eigenvalue weighted by molar-refractivity contribution is 0.380. The van der Waals surface area contributed by atoms with Crippen LogP contribution in [0.1, 0.15) is 45.0 Å². The fourth-order valence-corrected chi connectivity index (χ4v) is 1.88. The summed E-state index contributed by atoms with van der Waals surface area (Å²) < 4.78 is 2.06. The molecule has 1 heterocycles. The first-order valence-electron chi connectivity index (χ1n) is 5.87. The third-order valence-electron chi connectivity index (χ3n) is 3.23. The highest BCUT2D eigenvalue weighted by Crippen LogP contribution is 2.18. The third-order valence-corrected chi connectivity index (χ3v) is 3.23. The summed E-state index contributed by atoms with van der Waals surface area (Å²) in [6.45, 7) is 9.39. The molecular weight excluding hydrogens is 186 g/mol. The molecule has 1 aromatic heterocycles. The highest BCUT2D eigenvalue weighted by atomic mass is 15.3. The van der Waals surface area contributed by atoms with Crippen molar-refractivity contribution in [1.29, 1.82) is 0 Å². The van der Waals surface area contributed by atoms with E-state index < -0.39 is 0 Å². The average Bonchev–Trinajstić information content (AvgIpc) is 2.58. The van der Waals surface area contributed by atoms with Gasteiger partial charge < -0.3 is 5.73 Å². The van der Waals surface area contributed by atoms with Crippen molar-refractivity contribution in [3.05, 3.63) is 17.5 Å². The molecule has 1 aromatic rings. The maximum absolute atomic E-state index is 6.32. The Kier molecular flexibility index (Phi) is 3.91. The quantitative estimate of drug-likeness (QED) is 0.808. The summed E-state index contributed by atoms with van der Waals surface area (Å²) >= 11 is 0. The molecule has 0 atom stereocenters. The van der Waals surface area contributed by atoms with Gasteiger partial charge in [0.15, 0.2) is 0 Å². The molecule has 0 unspecified atom stereocenters. The van der Waals surface area contributed by atoms with Crippen LogP contribution in [0.15, 0.2) is 6.07 Å². The number of nitrogens with two attached hydrogens (primary N) is 1. The van der Waals surface area contributed by atoms with E-state index in [-0.39, 0.29) is 5.54 Å². The fraction of sp³-hybridized carbons (Fsp3) is 0.750. The van der Waals surface area contributed by atoms with Crippen molar-refractivity contribution in [3.63, 3.8) is 0 Å². The van der Waals surface area contributed by atoms with E-state index in [1.165, 1.54) is 5.69 Å². The molecule has 0 aliphatic rings. The first kappa shape index (κ1) is 12.2. The van der Waals surface area contributed by atoms with Crippen LogP contribution >= 0.6 is 0 Å². The summed E-state index contributed by atoms with van der Waals surface area (Å²) in [5.74, 6) is 0. The lowest BCUT2D eigenvalue weighted by Gasteiger charge is -2.26. The number of hydrogen-bond donors (Lipinski definition) is 1. The molecule has 0 radical (unpaired) electrons. The van der Waals surface area contributed by atoms with Crippen LogP contribution in [0.5, 0.6) is 0 Å². The van der Waals surface area contributed by atoms with Gasteiger partial charge in [-0.1, -0.05) is 13.8 Å². The van der Waals surface area contributed by atoms with E-state index in [0.717, 1.165) is 31.5 Å². The van der Waals surface area contributed by atoms with Gasteiger partial charge in [-0.15, -0.1) is 0 Å². The molecule has 2 N–H and O–H groups in total. The molecule has 0 bridgehead atoms. The van der Waals surface area contributed by atoms with Crippen LogP contribution in [-0.2, 0) is 13.0 Å². The van der Waals surface area contributed by atoms with Gasteiger partial charge in [0.05, 0.1) is 5.69 Å². The van der Waals surface area contributed by atoms with Crippen molar-refractivity contribution in [2.45, 2.75) is 59.0 Å². The highest BCUT2D eigenvalue weighted by Gasteiger charge is 2.22. The van der Waals surface area contributed by atoms with E-state index in [4.69, 9.17) is 5.73 Å². The van der Waals surface area contributed by atoms with Gasteiger partial charge in [-0.25, -0.2) is 0 Å². The Bertz CT molecular complexity index is 311. The molecule has 0 fully saturated rings. The van der Waals surface area contributed by atoms with Crippen LogP contribution in [-0.4, -0.2) is 15.3 Å². The standard InChI is InChI=1S/C12H23N3/c1-5-12(13,6-2)9-11-8-10(4)14-15(11)7-3/h8H,5-7,9,13H2,1-4H3. The van der Waals surface area contributed by atoms with Crippen molar-refractivity contribution >= 4 is 0 Å². The fourth-order valence-electron chi connectivity index (χ4n) is 1.88. The lowest BCUT2D eigenvalue weighted by Crippen LogP contribution is -2.41. The topological polar surface area (TPSA) is 43.8 Å². The molecule has 0 aliphatic heterocycles. The van der Waals surface area contributed by atoms with E-state index in [0.29, 0.717) is 0 Å². The summed E-state index contributed by atoms with van der Waals surface area (Å²) in [7, 11) is 0. The average molecular weight is 209 g/mol. The largest absolute Gasteiger partial charge is 0.325 e. The van der Waals surface area contributed by atoms with E-state index in [2.05, 4.69) is 36.6 Å². The van der Waals surface area contributed by atoms with Crippen molar-refractivity contribution in [1.82, 2.24) is 9.78 Å². The van der Waals surface area contributed by atoms with Crippen LogP contribution in [0.2, 0.25) is 0 Å². The Morgan fingerprint density at radius 2 is 1.93 bits per heavy atom. The molecule has 15 heavy (non-hydrogen) atoms. The molecule has 0 aliphatic carbocycles. The van der Waals surface area contributed by atoms with E-state index in [9.17, 15) is 0 Å². The first-order chi connectivity index (χ1) is 7.04. The molecule has 3 heteroatoms. The van der Waals surface area contributed by atoms with Gasteiger partial charge >= 0.3 is 0 Å². The van der Waals surface area contributed by atoms with Crippen molar-refractivity contribution < 1.29 is 0 Å². The van der Waals surface area contributed by atoms with E-state index in [1.54, 1.807) is 0 Å². The highest BCUT2D eigenvalue weighted by molar-refractivity contribution is 5.12.